The van der Waals surface area contributed by atoms with Gasteiger partial charge in [-0.2, -0.15) is 0 Å². The molecule has 2 aromatic rings. The van der Waals surface area contributed by atoms with Crippen LogP contribution in [0.4, 0.5) is 4.79 Å². The number of carbonyl (C=O) groups is 1. The van der Waals surface area contributed by atoms with Gasteiger partial charge in [0.15, 0.2) is 0 Å². The molecule has 1 heterocycles. The molecule has 0 bridgehead atoms. The van der Waals surface area contributed by atoms with Gasteiger partial charge in [0.2, 0.25) is 0 Å². The molecule has 0 fully saturated rings. The zero-order valence-corrected chi connectivity index (χ0v) is 9.78. The molecule has 1 aromatic carbocycles. The summed E-state index contributed by atoms with van der Waals surface area (Å²) in [4.78, 5) is 18.1. The number of hydrogen-bond donors (Lipinski definition) is 2. The molecule has 0 saturated heterocycles. The van der Waals surface area contributed by atoms with Crippen molar-refractivity contribution in [2.24, 2.45) is 0 Å². The maximum atomic E-state index is 10.5. The Labute approximate surface area is 98.4 Å². The summed E-state index contributed by atoms with van der Waals surface area (Å²) in [6.45, 7) is 3.96. The van der Waals surface area contributed by atoms with Gasteiger partial charge >= 0.3 is 6.16 Å². The number of fused-ring (bicyclic) bond motifs is 1. The van der Waals surface area contributed by atoms with Crippen molar-refractivity contribution in [2.45, 2.75) is 26.7 Å². The second-order valence-corrected chi connectivity index (χ2v) is 3.94. The fourth-order valence-corrected chi connectivity index (χ4v) is 1.82. The first-order chi connectivity index (χ1) is 8.10. The van der Waals surface area contributed by atoms with Gasteiger partial charge in [-0.3, -0.25) is 0 Å². The minimum atomic E-state index is -1.31. The summed E-state index contributed by atoms with van der Waals surface area (Å²) in [5.74, 6) is 1.23. The van der Waals surface area contributed by atoms with Crippen LogP contribution in [0.3, 0.4) is 0 Å². The second-order valence-electron chi connectivity index (χ2n) is 3.94. The van der Waals surface area contributed by atoms with Crippen LogP contribution in [-0.4, -0.2) is 21.2 Å². The van der Waals surface area contributed by atoms with Crippen molar-refractivity contribution < 1.29 is 14.6 Å². The van der Waals surface area contributed by atoms with Crippen LogP contribution in [0.25, 0.3) is 11.0 Å². The Kier molecular flexibility index (Phi) is 2.99. The largest absolute Gasteiger partial charge is 0.511 e. The van der Waals surface area contributed by atoms with Crippen LogP contribution < -0.4 is 4.74 Å². The van der Waals surface area contributed by atoms with Gasteiger partial charge in [0.1, 0.15) is 11.6 Å². The van der Waals surface area contributed by atoms with Gasteiger partial charge in [0, 0.05) is 12.5 Å². The predicted molar refractivity (Wildman–Crippen MR) is 63.5 cm³/mol. The van der Waals surface area contributed by atoms with E-state index < -0.39 is 6.16 Å². The van der Waals surface area contributed by atoms with E-state index in [2.05, 4.69) is 21.6 Å². The van der Waals surface area contributed by atoms with Crippen molar-refractivity contribution in [1.82, 2.24) is 9.97 Å². The smallest absolute Gasteiger partial charge is 0.449 e. The molecular weight excluding hydrogens is 220 g/mol. The second kappa shape index (κ2) is 4.45. The van der Waals surface area contributed by atoms with Crippen molar-refractivity contribution in [3.05, 3.63) is 23.5 Å². The summed E-state index contributed by atoms with van der Waals surface area (Å²) >= 11 is 0. The molecular formula is C12H14N2O3. The first kappa shape index (κ1) is 11.4. The van der Waals surface area contributed by atoms with E-state index in [4.69, 9.17) is 5.11 Å². The number of benzene rings is 1. The lowest BCUT2D eigenvalue weighted by Gasteiger charge is -2.01. The van der Waals surface area contributed by atoms with Gasteiger partial charge < -0.3 is 14.8 Å². The topological polar surface area (TPSA) is 75.2 Å². The van der Waals surface area contributed by atoms with Crippen molar-refractivity contribution in [3.8, 4) is 5.75 Å². The Morgan fingerprint density at radius 2 is 2.29 bits per heavy atom. The zero-order valence-electron chi connectivity index (χ0n) is 9.78. The van der Waals surface area contributed by atoms with Crippen LogP contribution in [0, 0.1) is 6.92 Å². The quantitative estimate of drug-likeness (QED) is 0.632. The highest BCUT2D eigenvalue weighted by molar-refractivity contribution is 5.81. The highest BCUT2D eigenvalue weighted by atomic mass is 16.7. The van der Waals surface area contributed by atoms with E-state index in [-0.39, 0.29) is 0 Å². The Morgan fingerprint density at radius 3 is 2.94 bits per heavy atom. The molecule has 2 rings (SSSR count). The summed E-state index contributed by atoms with van der Waals surface area (Å²) in [7, 11) is 0. The van der Waals surface area contributed by atoms with Crippen molar-refractivity contribution in [2.75, 3.05) is 0 Å². The highest BCUT2D eigenvalue weighted by Crippen LogP contribution is 2.23. The number of H-pyrrole nitrogens is 1. The van der Waals surface area contributed by atoms with Gasteiger partial charge in [0.05, 0.1) is 11.0 Å². The first-order valence-electron chi connectivity index (χ1n) is 5.50. The molecule has 5 nitrogen and oxygen atoms in total. The minimum absolute atomic E-state index is 0.314. The average Bonchev–Trinajstić information content (AvgIpc) is 2.60. The van der Waals surface area contributed by atoms with Crippen LogP contribution in [0.2, 0.25) is 0 Å². The number of hydrogen-bond acceptors (Lipinski definition) is 3. The fourth-order valence-electron chi connectivity index (χ4n) is 1.82. The minimum Gasteiger partial charge on any atom is -0.449 e. The van der Waals surface area contributed by atoms with E-state index in [9.17, 15) is 4.79 Å². The molecule has 0 aliphatic carbocycles. The number of ether oxygens (including phenoxy) is 1. The third-order valence-electron chi connectivity index (χ3n) is 2.49. The molecule has 1 aromatic heterocycles. The predicted octanol–water partition coefficient (Wildman–Crippen LogP) is 2.88. The molecule has 0 spiro atoms. The molecule has 90 valence electrons. The molecule has 0 saturated carbocycles. The van der Waals surface area contributed by atoms with Gasteiger partial charge in [-0.05, 0) is 25.0 Å². The normalized spacial score (nSPS) is 10.7. The van der Waals surface area contributed by atoms with E-state index in [0.29, 0.717) is 5.75 Å². The van der Waals surface area contributed by atoms with Gasteiger partial charge in [0.25, 0.3) is 0 Å². The van der Waals surface area contributed by atoms with Crippen LogP contribution in [0.15, 0.2) is 12.1 Å². The Morgan fingerprint density at radius 1 is 1.53 bits per heavy atom. The Balaban J connectivity index is 2.45. The highest BCUT2D eigenvalue weighted by Gasteiger charge is 2.09. The van der Waals surface area contributed by atoms with Crippen molar-refractivity contribution in [3.63, 3.8) is 0 Å². The SMILES string of the molecule is CCCc1nc2c(C)cc(OC(=O)O)cc2[nH]1. The molecule has 17 heavy (non-hydrogen) atoms. The van der Waals surface area contributed by atoms with Crippen molar-refractivity contribution >= 4 is 17.2 Å². The van der Waals surface area contributed by atoms with Gasteiger partial charge in [-0.1, -0.05) is 6.92 Å². The number of aryl methyl sites for hydroxylation is 2. The number of nitrogens with zero attached hydrogens (tertiary/aromatic N) is 1. The van der Waals surface area contributed by atoms with E-state index in [1.807, 2.05) is 6.92 Å². The molecule has 0 radical (unpaired) electrons. The lowest BCUT2D eigenvalue weighted by Crippen LogP contribution is -2.03. The number of carboxylic acid groups (broad SMARTS) is 1. The summed E-state index contributed by atoms with van der Waals surface area (Å²) < 4.78 is 4.64. The van der Waals surface area contributed by atoms with E-state index in [0.717, 1.165) is 35.3 Å². The van der Waals surface area contributed by atoms with Crippen LogP contribution in [0.5, 0.6) is 5.75 Å². The molecule has 0 aliphatic rings. The molecule has 0 amide bonds. The third-order valence-corrected chi connectivity index (χ3v) is 2.49. The van der Waals surface area contributed by atoms with E-state index >= 15 is 0 Å². The Bertz CT molecular complexity index is 560. The van der Waals surface area contributed by atoms with Crippen LogP contribution in [0.1, 0.15) is 24.7 Å². The maximum absolute atomic E-state index is 10.5. The molecule has 0 aliphatic heterocycles. The lowest BCUT2D eigenvalue weighted by molar-refractivity contribution is 0.144. The number of aromatic amines is 1. The first-order valence-corrected chi connectivity index (χ1v) is 5.50. The average molecular weight is 234 g/mol. The van der Waals surface area contributed by atoms with E-state index in [1.54, 1.807) is 12.1 Å². The summed E-state index contributed by atoms with van der Waals surface area (Å²) in [5.41, 5.74) is 2.58. The number of nitrogens with one attached hydrogen (secondary N) is 1. The molecule has 2 N–H and O–H groups in total. The number of aromatic nitrogens is 2. The van der Waals surface area contributed by atoms with Crippen LogP contribution >= 0.6 is 0 Å². The van der Waals surface area contributed by atoms with Gasteiger partial charge in [-0.25, -0.2) is 9.78 Å². The summed E-state index contributed by atoms with van der Waals surface area (Å²) in [6.07, 6.45) is 0.581. The summed E-state index contributed by atoms with van der Waals surface area (Å²) in [5, 5.41) is 8.57. The van der Waals surface area contributed by atoms with Crippen LogP contribution in [-0.2, 0) is 6.42 Å². The number of imidazole rings is 1. The zero-order chi connectivity index (χ0) is 12.4. The fraction of sp³-hybridized carbons (Fsp3) is 0.333. The lowest BCUT2D eigenvalue weighted by atomic mass is 10.2. The van der Waals surface area contributed by atoms with E-state index in [1.165, 1.54) is 0 Å². The maximum Gasteiger partial charge on any atom is 0.511 e. The monoisotopic (exact) mass is 234 g/mol. The molecule has 0 atom stereocenters. The standard InChI is InChI=1S/C12H14N2O3/c1-3-4-10-13-9-6-8(17-12(15)16)5-7(2)11(9)14-10/h5-6H,3-4H2,1-2H3,(H,13,14)(H,15,16). The summed E-state index contributed by atoms with van der Waals surface area (Å²) in [6, 6.07) is 3.33. The number of rotatable bonds is 3. The third kappa shape index (κ3) is 2.38. The molecule has 5 heteroatoms. The Hall–Kier alpha value is -2.04. The van der Waals surface area contributed by atoms with Gasteiger partial charge in [-0.15, -0.1) is 0 Å². The molecule has 0 unspecified atom stereocenters. The van der Waals surface area contributed by atoms with Crippen molar-refractivity contribution in [1.29, 1.82) is 0 Å².